The molecule has 1 aliphatic heterocycles. The summed E-state index contributed by atoms with van der Waals surface area (Å²) in [5.41, 5.74) is 0. The summed E-state index contributed by atoms with van der Waals surface area (Å²) in [6.45, 7) is 7.37. The Morgan fingerprint density at radius 1 is 1.44 bits per heavy atom. The Hall–Kier alpha value is -0.0200. The summed E-state index contributed by atoms with van der Waals surface area (Å²) in [6, 6.07) is 0. The maximum atomic E-state index is 11.6. The van der Waals surface area contributed by atoms with E-state index < -0.39 is 0 Å². The minimum absolute atomic E-state index is 0.199. The summed E-state index contributed by atoms with van der Waals surface area (Å²) in [7, 11) is 0. The Labute approximate surface area is 104 Å². The molecular formula is C13H24O2S. The zero-order chi connectivity index (χ0) is 12.0. The molecule has 0 amide bonds. The van der Waals surface area contributed by atoms with Crippen LogP contribution in [0.15, 0.2) is 0 Å². The van der Waals surface area contributed by atoms with Crippen molar-refractivity contribution in [3.8, 4) is 0 Å². The summed E-state index contributed by atoms with van der Waals surface area (Å²) >= 11 is 1.74. The smallest absolute Gasteiger partial charge is 0.142 e. The van der Waals surface area contributed by atoms with E-state index in [4.69, 9.17) is 4.74 Å². The first kappa shape index (κ1) is 14.0. The monoisotopic (exact) mass is 244 g/mol. The summed E-state index contributed by atoms with van der Waals surface area (Å²) in [6.07, 6.45) is 5.59. The largest absolute Gasteiger partial charge is 0.378 e. The van der Waals surface area contributed by atoms with E-state index in [0.29, 0.717) is 17.6 Å². The van der Waals surface area contributed by atoms with E-state index in [9.17, 15) is 4.79 Å². The van der Waals surface area contributed by atoms with Crippen molar-refractivity contribution in [3.05, 3.63) is 0 Å². The molecule has 1 fully saturated rings. The molecule has 3 heteroatoms. The average molecular weight is 244 g/mol. The topological polar surface area (TPSA) is 26.3 Å². The van der Waals surface area contributed by atoms with Gasteiger partial charge in [0.15, 0.2) is 0 Å². The van der Waals surface area contributed by atoms with Gasteiger partial charge >= 0.3 is 0 Å². The predicted octanol–water partition coefficient (Wildman–Crippen LogP) is 3.44. The van der Waals surface area contributed by atoms with Gasteiger partial charge in [0.25, 0.3) is 0 Å². The third-order valence-electron chi connectivity index (χ3n) is 2.67. The van der Waals surface area contributed by atoms with Crippen LogP contribution in [0.1, 0.15) is 52.9 Å². The van der Waals surface area contributed by atoms with Crippen molar-refractivity contribution in [1.82, 2.24) is 0 Å². The van der Waals surface area contributed by atoms with Gasteiger partial charge in [-0.2, -0.15) is 0 Å². The molecule has 1 heterocycles. The third kappa shape index (κ3) is 6.54. The van der Waals surface area contributed by atoms with Gasteiger partial charge in [-0.3, -0.25) is 4.79 Å². The van der Waals surface area contributed by atoms with Crippen LogP contribution < -0.4 is 0 Å². The molecule has 0 aliphatic carbocycles. The first-order valence-electron chi connectivity index (χ1n) is 6.24. The van der Waals surface area contributed by atoms with Crippen molar-refractivity contribution in [1.29, 1.82) is 0 Å². The lowest BCUT2D eigenvalue weighted by atomic mass is 10.1. The number of hydrogen-bond acceptors (Lipinski definition) is 3. The number of Topliss-reactive ketones (excluding diaryl/α,β-unsaturated/α-hetero) is 1. The summed E-state index contributed by atoms with van der Waals surface area (Å²) in [5, 5.41) is 0. The molecular weight excluding hydrogens is 220 g/mol. The summed E-state index contributed by atoms with van der Waals surface area (Å²) in [4.78, 5) is 11.6. The Morgan fingerprint density at radius 3 is 2.75 bits per heavy atom. The Bertz CT molecular complexity index is 214. The molecule has 1 aliphatic rings. The van der Waals surface area contributed by atoms with E-state index in [1.54, 1.807) is 11.8 Å². The second-order valence-corrected chi connectivity index (χ2v) is 7.27. The van der Waals surface area contributed by atoms with Crippen LogP contribution >= 0.6 is 11.8 Å². The maximum absolute atomic E-state index is 11.6. The van der Waals surface area contributed by atoms with Crippen LogP contribution in [0, 0.1) is 0 Å². The van der Waals surface area contributed by atoms with Crippen LogP contribution in [-0.2, 0) is 9.53 Å². The number of ether oxygens (including phenoxy) is 1. The second kappa shape index (κ2) is 6.65. The van der Waals surface area contributed by atoms with Gasteiger partial charge in [0.2, 0.25) is 0 Å². The third-order valence-corrected chi connectivity index (χ3v) is 4.00. The van der Waals surface area contributed by atoms with Crippen LogP contribution in [0.4, 0.5) is 0 Å². The Balaban J connectivity index is 2.01. The van der Waals surface area contributed by atoms with Crippen LogP contribution in [0.5, 0.6) is 0 Å². The van der Waals surface area contributed by atoms with Gasteiger partial charge in [-0.25, -0.2) is 0 Å². The quantitative estimate of drug-likeness (QED) is 0.716. The highest BCUT2D eigenvalue weighted by Crippen LogP contribution is 2.24. The van der Waals surface area contributed by atoms with E-state index in [2.05, 4.69) is 20.8 Å². The van der Waals surface area contributed by atoms with E-state index in [1.807, 2.05) is 0 Å². The van der Waals surface area contributed by atoms with Crippen molar-refractivity contribution in [2.75, 3.05) is 12.4 Å². The molecule has 1 saturated heterocycles. The molecule has 94 valence electrons. The number of rotatable bonds is 6. The summed E-state index contributed by atoms with van der Waals surface area (Å²) < 4.78 is 5.73. The van der Waals surface area contributed by atoms with Gasteiger partial charge in [-0.15, -0.1) is 11.8 Å². The minimum Gasteiger partial charge on any atom is -0.378 e. The van der Waals surface area contributed by atoms with Crippen molar-refractivity contribution < 1.29 is 9.53 Å². The SMILES string of the molecule is CC(C)(C)SCC(=O)CCCC1CCCO1. The first-order valence-corrected chi connectivity index (χ1v) is 7.23. The van der Waals surface area contributed by atoms with E-state index in [0.717, 1.165) is 25.9 Å². The van der Waals surface area contributed by atoms with Gasteiger partial charge in [0, 0.05) is 17.8 Å². The zero-order valence-electron chi connectivity index (χ0n) is 10.8. The predicted molar refractivity (Wildman–Crippen MR) is 70.0 cm³/mol. The highest BCUT2D eigenvalue weighted by molar-refractivity contribution is 8.01. The van der Waals surface area contributed by atoms with E-state index in [1.165, 1.54) is 12.8 Å². The lowest BCUT2D eigenvalue weighted by Gasteiger charge is -2.16. The van der Waals surface area contributed by atoms with Crippen molar-refractivity contribution >= 4 is 17.5 Å². The Kier molecular flexibility index (Phi) is 5.84. The van der Waals surface area contributed by atoms with Gasteiger partial charge < -0.3 is 4.74 Å². The van der Waals surface area contributed by atoms with Crippen molar-refractivity contribution in [3.63, 3.8) is 0 Å². The molecule has 2 nitrogen and oxygen atoms in total. The molecule has 0 radical (unpaired) electrons. The van der Waals surface area contributed by atoms with Gasteiger partial charge in [0.1, 0.15) is 5.78 Å². The van der Waals surface area contributed by atoms with Crippen LogP contribution in [-0.4, -0.2) is 29.0 Å². The normalized spacial score (nSPS) is 21.3. The van der Waals surface area contributed by atoms with Crippen LogP contribution in [0.25, 0.3) is 0 Å². The molecule has 16 heavy (non-hydrogen) atoms. The fourth-order valence-corrected chi connectivity index (χ4v) is 2.51. The zero-order valence-corrected chi connectivity index (χ0v) is 11.6. The van der Waals surface area contributed by atoms with Gasteiger partial charge in [-0.1, -0.05) is 20.8 Å². The van der Waals surface area contributed by atoms with Crippen molar-refractivity contribution in [2.24, 2.45) is 0 Å². The van der Waals surface area contributed by atoms with Crippen LogP contribution in [0.2, 0.25) is 0 Å². The van der Waals surface area contributed by atoms with E-state index >= 15 is 0 Å². The number of thioether (sulfide) groups is 1. The van der Waals surface area contributed by atoms with Crippen LogP contribution in [0.3, 0.4) is 0 Å². The molecule has 0 aromatic heterocycles. The molecule has 0 N–H and O–H groups in total. The van der Waals surface area contributed by atoms with E-state index in [-0.39, 0.29) is 4.75 Å². The lowest BCUT2D eigenvalue weighted by Crippen LogP contribution is -2.13. The molecule has 0 aromatic carbocycles. The molecule has 0 spiro atoms. The van der Waals surface area contributed by atoms with Gasteiger partial charge in [0.05, 0.1) is 11.9 Å². The first-order chi connectivity index (χ1) is 7.47. The second-order valence-electron chi connectivity index (χ2n) is 5.47. The lowest BCUT2D eigenvalue weighted by molar-refractivity contribution is -0.116. The minimum atomic E-state index is 0.199. The number of carbonyl (C=O) groups excluding carboxylic acids is 1. The van der Waals surface area contributed by atoms with Gasteiger partial charge in [-0.05, 0) is 25.7 Å². The Morgan fingerprint density at radius 2 is 2.19 bits per heavy atom. The fraction of sp³-hybridized carbons (Fsp3) is 0.923. The van der Waals surface area contributed by atoms with Crippen molar-refractivity contribution in [2.45, 2.75) is 63.7 Å². The summed E-state index contributed by atoms with van der Waals surface area (Å²) in [5.74, 6) is 1.05. The standard InChI is InChI=1S/C13H24O2S/c1-13(2,3)16-10-11(14)6-4-7-12-8-5-9-15-12/h12H,4-10H2,1-3H3. The molecule has 1 atom stereocenters. The fourth-order valence-electron chi connectivity index (χ4n) is 1.77. The molecule has 1 rings (SSSR count). The molecule has 0 bridgehead atoms. The molecule has 0 saturated carbocycles. The average Bonchev–Trinajstić information content (AvgIpc) is 2.66. The molecule has 1 unspecified atom stereocenters. The highest BCUT2D eigenvalue weighted by atomic mass is 32.2. The number of carbonyl (C=O) groups is 1. The number of hydrogen-bond donors (Lipinski definition) is 0. The molecule has 0 aromatic rings. The highest BCUT2D eigenvalue weighted by Gasteiger charge is 2.16. The number of ketones is 1. The maximum Gasteiger partial charge on any atom is 0.142 e.